The van der Waals surface area contributed by atoms with E-state index in [4.69, 9.17) is 11.6 Å². The number of hydrogen-bond acceptors (Lipinski definition) is 2. The summed E-state index contributed by atoms with van der Waals surface area (Å²) in [6.45, 7) is 7.07. The molecular formula is C19H23ClN2O. The fourth-order valence-electron chi connectivity index (χ4n) is 2.73. The second kappa shape index (κ2) is 8.02. The number of rotatable bonds is 6. The molecule has 2 aromatic carbocycles. The van der Waals surface area contributed by atoms with Crippen molar-refractivity contribution in [3.8, 4) is 0 Å². The summed E-state index contributed by atoms with van der Waals surface area (Å²) < 4.78 is 0. The molecular weight excluding hydrogens is 308 g/mol. The first kappa shape index (κ1) is 17.4. The highest BCUT2D eigenvalue weighted by atomic mass is 35.5. The van der Waals surface area contributed by atoms with Gasteiger partial charge >= 0.3 is 0 Å². The van der Waals surface area contributed by atoms with Gasteiger partial charge in [0, 0.05) is 17.3 Å². The zero-order valence-corrected chi connectivity index (χ0v) is 14.6. The van der Waals surface area contributed by atoms with Crippen molar-refractivity contribution in [1.82, 2.24) is 5.32 Å². The average molecular weight is 331 g/mol. The van der Waals surface area contributed by atoms with E-state index in [1.54, 1.807) is 0 Å². The summed E-state index contributed by atoms with van der Waals surface area (Å²) in [4.78, 5) is 12.0. The van der Waals surface area contributed by atoms with Gasteiger partial charge in [-0.1, -0.05) is 41.4 Å². The van der Waals surface area contributed by atoms with Gasteiger partial charge in [-0.05, 0) is 56.0 Å². The zero-order chi connectivity index (χ0) is 16.8. The Hall–Kier alpha value is -2.00. The lowest BCUT2D eigenvalue weighted by Crippen LogP contribution is -2.31. The molecule has 0 aliphatic heterocycles. The fourth-order valence-corrected chi connectivity index (χ4v) is 2.94. The van der Waals surface area contributed by atoms with E-state index in [1.807, 2.05) is 24.3 Å². The number of carbonyl (C=O) groups is 1. The number of nitrogens with one attached hydrogen (secondary N) is 2. The first-order valence-electron chi connectivity index (χ1n) is 7.78. The summed E-state index contributed by atoms with van der Waals surface area (Å²) in [5.74, 6) is -0.00796. The topological polar surface area (TPSA) is 41.1 Å². The van der Waals surface area contributed by atoms with E-state index < -0.39 is 0 Å². The Balaban J connectivity index is 1.79. The fraction of sp³-hybridized carbons (Fsp3) is 0.316. The highest BCUT2D eigenvalue weighted by Gasteiger charge is 2.06. The number of amides is 1. The maximum atomic E-state index is 12.0. The number of halogens is 1. The molecule has 2 N–H and O–H groups in total. The third-order valence-electron chi connectivity index (χ3n) is 3.73. The maximum absolute atomic E-state index is 12.0. The van der Waals surface area contributed by atoms with Crippen molar-refractivity contribution in [3.05, 3.63) is 63.7 Å². The molecule has 23 heavy (non-hydrogen) atoms. The highest BCUT2D eigenvalue weighted by Crippen LogP contribution is 2.21. The third-order valence-corrected chi connectivity index (χ3v) is 3.96. The molecule has 0 heterocycles. The number of aryl methyl sites for hydroxylation is 3. The lowest BCUT2D eigenvalue weighted by Gasteiger charge is -2.14. The minimum atomic E-state index is -0.00796. The van der Waals surface area contributed by atoms with Gasteiger partial charge in [0.2, 0.25) is 5.91 Å². The number of anilines is 1. The Morgan fingerprint density at radius 2 is 1.78 bits per heavy atom. The minimum absolute atomic E-state index is 0.00796. The average Bonchev–Trinajstić information content (AvgIpc) is 2.46. The van der Waals surface area contributed by atoms with Gasteiger partial charge < -0.3 is 10.6 Å². The minimum Gasteiger partial charge on any atom is -0.376 e. The molecule has 0 saturated heterocycles. The molecule has 0 unspecified atom stereocenters. The lowest BCUT2D eigenvalue weighted by molar-refractivity contribution is -0.119. The van der Waals surface area contributed by atoms with Gasteiger partial charge in [-0.2, -0.15) is 0 Å². The largest absolute Gasteiger partial charge is 0.376 e. The molecule has 0 spiro atoms. The van der Waals surface area contributed by atoms with Gasteiger partial charge in [-0.15, -0.1) is 0 Å². The Labute approximate surface area is 143 Å². The smallest absolute Gasteiger partial charge is 0.239 e. The third kappa shape index (κ3) is 5.29. The monoisotopic (exact) mass is 330 g/mol. The highest BCUT2D eigenvalue weighted by molar-refractivity contribution is 6.30. The summed E-state index contributed by atoms with van der Waals surface area (Å²) in [7, 11) is 0. The van der Waals surface area contributed by atoms with Crippen molar-refractivity contribution in [1.29, 1.82) is 0 Å². The van der Waals surface area contributed by atoms with E-state index in [-0.39, 0.29) is 12.5 Å². The van der Waals surface area contributed by atoms with Crippen LogP contribution in [0.3, 0.4) is 0 Å². The number of hydrogen-bond donors (Lipinski definition) is 2. The molecule has 0 aliphatic rings. The normalized spacial score (nSPS) is 10.4. The number of benzene rings is 2. The van der Waals surface area contributed by atoms with Gasteiger partial charge in [0.25, 0.3) is 0 Å². The second-order valence-corrected chi connectivity index (χ2v) is 6.29. The molecule has 0 saturated carbocycles. The molecule has 0 atom stereocenters. The van der Waals surface area contributed by atoms with Crippen molar-refractivity contribution in [2.75, 3.05) is 18.4 Å². The molecule has 122 valence electrons. The molecule has 0 bridgehead atoms. The summed E-state index contributed by atoms with van der Waals surface area (Å²) in [5.41, 5.74) is 5.72. The van der Waals surface area contributed by atoms with Gasteiger partial charge in [0.15, 0.2) is 0 Å². The quantitative estimate of drug-likeness (QED) is 0.839. The Morgan fingerprint density at radius 1 is 1.09 bits per heavy atom. The summed E-state index contributed by atoms with van der Waals surface area (Å²) >= 11 is 5.95. The Kier molecular flexibility index (Phi) is 6.05. The van der Waals surface area contributed by atoms with E-state index >= 15 is 0 Å². The number of carbonyl (C=O) groups excluding carboxylic acids is 1. The molecule has 0 fully saturated rings. The SMILES string of the molecule is Cc1cc(C)c(NCC(=O)NCCc2cccc(Cl)c2)c(C)c1. The molecule has 4 heteroatoms. The van der Waals surface area contributed by atoms with Gasteiger partial charge in [-0.3, -0.25) is 4.79 Å². The van der Waals surface area contributed by atoms with Gasteiger partial charge in [0.05, 0.1) is 6.54 Å². The predicted octanol–water partition coefficient (Wildman–Crippen LogP) is 4.04. The summed E-state index contributed by atoms with van der Waals surface area (Å²) in [6.07, 6.45) is 0.773. The van der Waals surface area contributed by atoms with Crippen LogP contribution in [0.1, 0.15) is 22.3 Å². The van der Waals surface area contributed by atoms with Crippen molar-refractivity contribution < 1.29 is 4.79 Å². The lowest BCUT2D eigenvalue weighted by atomic mass is 10.1. The molecule has 2 rings (SSSR count). The Morgan fingerprint density at radius 3 is 2.43 bits per heavy atom. The van der Waals surface area contributed by atoms with Crippen LogP contribution in [-0.2, 0) is 11.2 Å². The maximum Gasteiger partial charge on any atom is 0.239 e. The van der Waals surface area contributed by atoms with Crippen LogP contribution in [0.4, 0.5) is 5.69 Å². The van der Waals surface area contributed by atoms with Gasteiger partial charge in [0.1, 0.15) is 0 Å². The first-order chi connectivity index (χ1) is 11.0. The standard InChI is InChI=1S/C19H23ClN2O/c1-13-9-14(2)19(15(3)10-13)22-12-18(23)21-8-7-16-5-4-6-17(20)11-16/h4-6,9-11,22H,7-8,12H2,1-3H3,(H,21,23). The summed E-state index contributed by atoms with van der Waals surface area (Å²) in [5, 5.41) is 6.88. The van der Waals surface area contributed by atoms with Crippen LogP contribution in [0.25, 0.3) is 0 Å². The van der Waals surface area contributed by atoms with E-state index in [0.29, 0.717) is 6.54 Å². The van der Waals surface area contributed by atoms with E-state index in [0.717, 1.165) is 33.8 Å². The first-order valence-corrected chi connectivity index (χ1v) is 8.16. The van der Waals surface area contributed by atoms with Crippen LogP contribution >= 0.6 is 11.6 Å². The zero-order valence-electron chi connectivity index (χ0n) is 13.9. The van der Waals surface area contributed by atoms with Crippen LogP contribution in [0.15, 0.2) is 36.4 Å². The Bertz CT molecular complexity index is 675. The summed E-state index contributed by atoms with van der Waals surface area (Å²) in [6, 6.07) is 11.9. The van der Waals surface area contributed by atoms with E-state index in [9.17, 15) is 4.79 Å². The molecule has 0 aromatic heterocycles. The van der Waals surface area contributed by atoms with Crippen molar-refractivity contribution in [2.45, 2.75) is 27.2 Å². The van der Waals surface area contributed by atoms with Crippen LogP contribution < -0.4 is 10.6 Å². The van der Waals surface area contributed by atoms with Crippen molar-refractivity contribution in [2.24, 2.45) is 0 Å². The van der Waals surface area contributed by atoms with E-state index in [1.165, 1.54) is 5.56 Å². The predicted molar refractivity (Wildman–Crippen MR) is 97.3 cm³/mol. The van der Waals surface area contributed by atoms with Gasteiger partial charge in [-0.25, -0.2) is 0 Å². The van der Waals surface area contributed by atoms with Crippen LogP contribution in [-0.4, -0.2) is 19.0 Å². The molecule has 0 aliphatic carbocycles. The van der Waals surface area contributed by atoms with E-state index in [2.05, 4.69) is 43.5 Å². The molecule has 2 aromatic rings. The molecule has 1 amide bonds. The van der Waals surface area contributed by atoms with Crippen LogP contribution in [0, 0.1) is 20.8 Å². The molecule has 3 nitrogen and oxygen atoms in total. The van der Waals surface area contributed by atoms with Crippen LogP contribution in [0.2, 0.25) is 5.02 Å². The van der Waals surface area contributed by atoms with Crippen molar-refractivity contribution >= 4 is 23.2 Å². The second-order valence-electron chi connectivity index (χ2n) is 5.86. The molecule has 0 radical (unpaired) electrons. The van der Waals surface area contributed by atoms with Crippen molar-refractivity contribution in [3.63, 3.8) is 0 Å². The van der Waals surface area contributed by atoms with Crippen LogP contribution in [0.5, 0.6) is 0 Å².